The Morgan fingerprint density at radius 2 is 1.96 bits per heavy atom. The van der Waals surface area contributed by atoms with Gasteiger partial charge in [0.05, 0.1) is 10.4 Å². The van der Waals surface area contributed by atoms with Crippen molar-refractivity contribution in [3.8, 4) is 0 Å². The molecule has 0 radical (unpaired) electrons. The molecule has 3 rings (SSSR count). The van der Waals surface area contributed by atoms with Gasteiger partial charge in [0.1, 0.15) is 11.6 Å². The van der Waals surface area contributed by atoms with Crippen molar-refractivity contribution in [2.45, 2.75) is 13.1 Å². The molecule has 2 N–H and O–H groups in total. The monoisotopic (exact) mass is 397 g/mol. The zero-order valence-corrected chi connectivity index (χ0v) is 15.0. The molecule has 0 aliphatic heterocycles. The molecule has 0 unspecified atom stereocenters. The lowest BCUT2D eigenvalue weighted by Gasteiger charge is -2.09. The van der Waals surface area contributed by atoms with E-state index in [-0.39, 0.29) is 24.1 Å². The van der Waals surface area contributed by atoms with Crippen LogP contribution in [0.3, 0.4) is 0 Å². The Bertz CT molecular complexity index is 967. The minimum absolute atomic E-state index is 0.254. The van der Waals surface area contributed by atoms with Crippen LogP contribution in [0.25, 0.3) is 10.1 Å². The van der Waals surface area contributed by atoms with Gasteiger partial charge < -0.3 is 10.6 Å². The summed E-state index contributed by atoms with van der Waals surface area (Å²) in [6.45, 7) is 2.31. The van der Waals surface area contributed by atoms with E-state index in [4.69, 9.17) is 0 Å². The lowest BCUT2D eigenvalue weighted by molar-refractivity contribution is -0.137. The molecule has 4 nitrogen and oxygen atoms in total. The first-order chi connectivity index (χ1) is 12.8. The first-order valence-corrected chi connectivity index (χ1v) is 8.81. The number of anilines is 1. The number of carbonyl (C=O) groups is 1. The number of halogens is 4. The van der Waals surface area contributed by atoms with Gasteiger partial charge in [-0.2, -0.15) is 13.2 Å². The highest BCUT2D eigenvalue weighted by Crippen LogP contribution is 2.31. The molecule has 0 spiro atoms. The van der Waals surface area contributed by atoms with Crippen molar-refractivity contribution >= 4 is 33.1 Å². The number of aromatic nitrogens is 1. The molecule has 0 atom stereocenters. The van der Waals surface area contributed by atoms with Crippen LogP contribution in [0.1, 0.15) is 20.8 Å². The van der Waals surface area contributed by atoms with E-state index in [0.717, 1.165) is 17.0 Å². The molecular weight excluding hydrogens is 382 g/mol. The number of aryl methyl sites for hydroxylation is 1. The summed E-state index contributed by atoms with van der Waals surface area (Å²) in [7, 11) is 0. The van der Waals surface area contributed by atoms with Crippen molar-refractivity contribution in [1.82, 2.24) is 10.3 Å². The van der Waals surface area contributed by atoms with Gasteiger partial charge in [0.25, 0.3) is 5.91 Å². The minimum Gasteiger partial charge on any atom is -0.368 e. The number of pyridine rings is 1. The number of hydrogen-bond donors (Lipinski definition) is 2. The Morgan fingerprint density at radius 3 is 2.63 bits per heavy atom. The Morgan fingerprint density at radius 1 is 1.19 bits per heavy atom. The summed E-state index contributed by atoms with van der Waals surface area (Å²) in [6.07, 6.45) is -3.68. The molecular formula is C18H15F4N3OS. The molecule has 142 valence electrons. The second kappa shape index (κ2) is 7.51. The van der Waals surface area contributed by atoms with Gasteiger partial charge in [-0.25, -0.2) is 9.37 Å². The van der Waals surface area contributed by atoms with Gasteiger partial charge in [0.15, 0.2) is 0 Å². The Hall–Kier alpha value is -2.68. The summed E-state index contributed by atoms with van der Waals surface area (Å²) in [5.74, 6) is -0.356. The van der Waals surface area contributed by atoms with E-state index >= 15 is 0 Å². The zero-order valence-electron chi connectivity index (χ0n) is 14.2. The SMILES string of the molecule is Cc1c(C(=O)NCCNc2ccc(C(F)(F)F)cn2)sc2ccc(F)cc12. The summed E-state index contributed by atoms with van der Waals surface area (Å²) < 4.78 is 51.6. The van der Waals surface area contributed by atoms with Gasteiger partial charge in [-0.3, -0.25) is 4.79 Å². The fourth-order valence-corrected chi connectivity index (χ4v) is 3.63. The van der Waals surface area contributed by atoms with Crippen LogP contribution in [0.4, 0.5) is 23.4 Å². The fraction of sp³-hybridized carbons (Fsp3) is 0.222. The van der Waals surface area contributed by atoms with Gasteiger partial charge in [-0.1, -0.05) is 0 Å². The number of nitrogens with one attached hydrogen (secondary N) is 2. The number of hydrogen-bond acceptors (Lipinski definition) is 4. The standard InChI is InChI=1S/C18H15F4N3OS/c1-10-13-8-12(19)3-4-14(13)27-16(10)17(26)24-7-6-23-15-5-2-11(9-25-15)18(20,21)22/h2-5,8-9H,6-7H2,1H3,(H,23,25)(H,24,26). The highest BCUT2D eigenvalue weighted by atomic mass is 32.1. The van der Waals surface area contributed by atoms with E-state index in [1.807, 2.05) is 0 Å². The molecule has 1 aromatic carbocycles. The summed E-state index contributed by atoms with van der Waals surface area (Å²) in [4.78, 5) is 16.5. The maximum Gasteiger partial charge on any atom is 0.417 e. The van der Waals surface area contributed by atoms with Crippen LogP contribution in [0.15, 0.2) is 36.5 Å². The van der Waals surface area contributed by atoms with Crippen molar-refractivity contribution < 1.29 is 22.4 Å². The van der Waals surface area contributed by atoms with Crippen LogP contribution in [0.5, 0.6) is 0 Å². The first-order valence-electron chi connectivity index (χ1n) is 7.99. The molecule has 1 amide bonds. The van der Waals surface area contributed by atoms with E-state index < -0.39 is 11.7 Å². The zero-order chi connectivity index (χ0) is 19.6. The smallest absolute Gasteiger partial charge is 0.368 e. The minimum atomic E-state index is -4.43. The van der Waals surface area contributed by atoms with Crippen molar-refractivity contribution in [2.75, 3.05) is 18.4 Å². The maximum absolute atomic E-state index is 13.4. The van der Waals surface area contributed by atoms with Crippen molar-refractivity contribution in [2.24, 2.45) is 0 Å². The number of amides is 1. The molecule has 3 aromatic rings. The number of thiophene rings is 1. The molecule has 0 fully saturated rings. The second-order valence-corrected chi connectivity index (χ2v) is 6.86. The molecule has 9 heteroatoms. The van der Waals surface area contributed by atoms with Gasteiger partial charge in [-0.15, -0.1) is 11.3 Å². The average Bonchev–Trinajstić information content (AvgIpc) is 2.95. The Labute approximate surface area is 156 Å². The molecule has 0 saturated heterocycles. The second-order valence-electron chi connectivity index (χ2n) is 5.81. The van der Waals surface area contributed by atoms with Crippen LogP contribution < -0.4 is 10.6 Å². The third kappa shape index (κ3) is 4.36. The van der Waals surface area contributed by atoms with Gasteiger partial charge in [0.2, 0.25) is 0 Å². The van der Waals surface area contributed by atoms with Crippen molar-refractivity contribution in [3.05, 3.63) is 58.3 Å². The summed E-state index contributed by atoms with van der Waals surface area (Å²) in [6, 6.07) is 6.55. The quantitative estimate of drug-likeness (QED) is 0.489. The van der Waals surface area contributed by atoms with Crippen LogP contribution in [-0.2, 0) is 6.18 Å². The third-order valence-corrected chi connectivity index (χ3v) is 5.18. The fourth-order valence-electron chi connectivity index (χ4n) is 2.52. The lowest BCUT2D eigenvalue weighted by Crippen LogP contribution is -2.28. The first kappa shape index (κ1) is 19.1. The van der Waals surface area contributed by atoms with E-state index in [1.165, 1.54) is 29.5 Å². The third-order valence-electron chi connectivity index (χ3n) is 3.91. The lowest BCUT2D eigenvalue weighted by atomic mass is 10.1. The number of alkyl halides is 3. The molecule has 0 bridgehead atoms. The average molecular weight is 397 g/mol. The van der Waals surface area contributed by atoms with Crippen LogP contribution in [-0.4, -0.2) is 24.0 Å². The molecule has 0 saturated carbocycles. The summed E-state index contributed by atoms with van der Waals surface area (Å²) in [5, 5.41) is 6.27. The number of carbonyl (C=O) groups excluding carboxylic acids is 1. The number of rotatable bonds is 5. The van der Waals surface area contributed by atoms with E-state index in [1.54, 1.807) is 13.0 Å². The maximum atomic E-state index is 13.4. The molecule has 2 heterocycles. The van der Waals surface area contributed by atoms with Gasteiger partial charge in [-0.05, 0) is 48.2 Å². The van der Waals surface area contributed by atoms with Gasteiger partial charge in [0, 0.05) is 24.0 Å². The van der Waals surface area contributed by atoms with Crippen LogP contribution in [0, 0.1) is 12.7 Å². The van der Waals surface area contributed by atoms with Crippen LogP contribution >= 0.6 is 11.3 Å². The molecule has 0 aliphatic carbocycles. The molecule has 27 heavy (non-hydrogen) atoms. The Kier molecular flexibility index (Phi) is 5.31. The highest BCUT2D eigenvalue weighted by Gasteiger charge is 2.30. The largest absolute Gasteiger partial charge is 0.417 e. The van der Waals surface area contributed by atoms with Gasteiger partial charge >= 0.3 is 6.18 Å². The van der Waals surface area contributed by atoms with E-state index in [9.17, 15) is 22.4 Å². The predicted molar refractivity (Wildman–Crippen MR) is 96.6 cm³/mol. The molecule has 0 aliphatic rings. The van der Waals surface area contributed by atoms with Crippen LogP contribution in [0.2, 0.25) is 0 Å². The number of fused-ring (bicyclic) bond motifs is 1. The topological polar surface area (TPSA) is 54.0 Å². The molecule has 2 aromatic heterocycles. The normalized spacial score (nSPS) is 11.6. The van der Waals surface area contributed by atoms with Crippen molar-refractivity contribution in [3.63, 3.8) is 0 Å². The van der Waals surface area contributed by atoms with E-state index in [0.29, 0.717) is 22.4 Å². The van der Waals surface area contributed by atoms with E-state index in [2.05, 4.69) is 15.6 Å². The summed E-state index contributed by atoms with van der Waals surface area (Å²) >= 11 is 1.28. The summed E-state index contributed by atoms with van der Waals surface area (Å²) in [5.41, 5.74) is -0.109. The predicted octanol–water partition coefficient (Wildman–Crippen LogP) is 4.60. The number of nitrogens with zero attached hydrogens (tertiary/aromatic N) is 1. The van der Waals surface area contributed by atoms with Crippen molar-refractivity contribution in [1.29, 1.82) is 0 Å². The highest BCUT2D eigenvalue weighted by molar-refractivity contribution is 7.21. The Balaban J connectivity index is 1.55. The number of benzene rings is 1.